The molecule has 11 aliphatic rings. The number of ketones is 1. The van der Waals surface area contributed by atoms with Crippen molar-refractivity contribution in [3.05, 3.63) is 172 Å². The van der Waals surface area contributed by atoms with Crippen LogP contribution in [0.2, 0.25) is 5.82 Å². The van der Waals surface area contributed by atoms with Crippen LogP contribution in [-0.2, 0) is 40.1 Å². The van der Waals surface area contributed by atoms with E-state index < -0.39 is 0 Å². The Morgan fingerprint density at radius 1 is 0.646 bits per heavy atom. The maximum atomic E-state index is 13.0. The average Bonchev–Trinajstić information content (AvgIpc) is 1.70. The van der Waals surface area contributed by atoms with Crippen LogP contribution >= 0.6 is 0 Å². The predicted molar refractivity (Wildman–Crippen MR) is 388 cm³/mol. The van der Waals surface area contributed by atoms with Crippen LogP contribution in [0.1, 0.15) is 162 Å². The minimum absolute atomic E-state index is 0.00228. The smallest absolute Gasteiger partial charge is 0.376 e. The first-order valence-electron chi connectivity index (χ1n) is 36.2. The van der Waals surface area contributed by atoms with Crippen molar-refractivity contribution < 1.29 is 19.3 Å². The fraction of sp³-hybridized carbons (Fsp3) is 0.500. The quantitative estimate of drug-likeness (QED) is 0.01000. The summed E-state index contributed by atoms with van der Waals surface area (Å²) in [5.41, 5.74) is 20.0. The molecule has 23 heteroatoms. The zero-order valence-corrected chi connectivity index (χ0v) is 57.5. The zero-order valence-electron chi connectivity index (χ0n) is 57.5. The van der Waals surface area contributed by atoms with Crippen molar-refractivity contribution in [3.8, 4) is 0 Å². The topological polar surface area (TPSA) is 314 Å². The number of carbonyl (C=O) groups excluding carboxylic acids is 2. The lowest BCUT2D eigenvalue weighted by atomic mass is 9.48. The number of aromatic amines is 2. The van der Waals surface area contributed by atoms with Gasteiger partial charge in [-0.05, 0) is 252 Å². The van der Waals surface area contributed by atoms with Crippen LogP contribution in [0.5, 0.6) is 0 Å². The number of fused-ring (bicyclic) bond motifs is 3. The van der Waals surface area contributed by atoms with Crippen LogP contribution in [-0.4, -0.2) is 130 Å². The van der Waals surface area contributed by atoms with E-state index in [9.17, 15) is 9.59 Å². The number of aromatic nitrogens is 12. The van der Waals surface area contributed by atoms with Crippen molar-refractivity contribution >= 4 is 60.1 Å². The molecule has 11 aliphatic carbocycles. The fourth-order valence-electron chi connectivity index (χ4n) is 18.3. The molecule has 3 heterocycles. The average molecular weight is 1340 g/mol. The van der Waals surface area contributed by atoms with Crippen molar-refractivity contribution in [2.75, 3.05) is 42.2 Å². The zero-order chi connectivity index (χ0) is 68.4. The molecule has 3 atom stereocenters. The van der Waals surface area contributed by atoms with E-state index in [2.05, 4.69) is 175 Å². The lowest BCUT2D eigenvalue weighted by Crippen LogP contribution is -2.46. The van der Waals surface area contributed by atoms with Crippen LogP contribution in [0.15, 0.2) is 134 Å². The van der Waals surface area contributed by atoms with E-state index in [1.165, 1.54) is 127 Å². The van der Waals surface area contributed by atoms with Crippen molar-refractivity contribution in [1.82, 2.24) is 66.8 Å². The summed E-state index contributed by atoms with van der Waals surface area (Å²) in [7, 11) is 1.69. The molecule has 8 bridgehead atoms. The highest BCUT2D eigenvalue weighted by Crippen LogP contribution is 2.62. The summed E-state index contributed by atoms with van der Waals surface area (Å²) in [6.07, 6.45) is 35.4. The highest BCUT2D eigenvalue weighted by molar-refractivity contribution is 6.32. The third-order valence-corrected chi connectivity index (χ3v) is 21.7. The van der Waals surface area contributed by atoms with Crippen molar-refractivity contribution in [2.24, 2.45) is 52.1 Å². The standard InChI is InChI=1S/C26H32N6O.C21H22BN6O.C14H22O2.C13H16N6.C2H6/c33-24(7-8-26-13-17-9-18(14-26)11-19(10-17)15-26)28-22(16-27-25-29-31-32-30-25)12-21-6-5-20-3-1-2-4-23(20)21;23-15-29-22-19(12-18-11-10-17-8-4-5-9-20(17)18)13-24-21-25-27-28(26-21)14-16-6-2-1-3-7-16;15-9-13(16)1-2-14-6-10-3-11(7-14)5-12(4-10)8-14;14-11(8-15-13-16-18-19-17-13)7-10-6-5-9-3-1-2-4-12(9)10;1-2/h1-4,6-8,17-19,22H,5,9-16H2,(H,28,33)(H2,27,29,30,31,32);1-9,11,15,19,23H,10,12-14H2,(H,24,26);10-12,15H,1-9H2;1-4,6,11H,5,7-8,14H2,(H2,15,16,17,18,19);1-2H3/b8-7+;;;;/t17?,18?,19?,22-,26?;19-;;11-;/m00.0./s1. The molecule has 0 saturated heterocycles. The van der Waals surface area contributed by atoms with Crippen molar-refractivity contribution in [1.29, 1.82) is 5.41 Å². The predicted octanol–water partition coefficient (Wildman–Crippen LogP) is 11.6. The van der Waals surface area contributed by atoms with Gasteiger partial charge in [0, 0.05) is 32.1 Å². The number of anilines is 3. The van der Waals surface area contributed by atoms with Crippen molar-refractivity contribution in [3.63, 3.8) is 0 Å². The number of allylic oxidation sites excluding steroid dienone is 5. The lowest BCUT2D eigenvalue weighted by molar-refractivity contribution is -0.124. The Kier molecular flexibility index (Phi) is 23.8. The highest BCUT2D eigenvalue weighted by Gasteiger charge is 2.51. The Labute approximate surface area is 582 Å². The number of amides is 1. The van der Waals surface area contributed by atoms with Gasteiger partial charge < -0.3 is 36.8 Å². The SMILES string of the molecule is CC.N=CO[B][C@H](CNc1nnn(Cc2ccccc2)n1)CC1=CCc2ccccc21.N[C@H](CNc1nn[nH]n1)CC1=CCc2ccccc21.O=C(/C=C/C12CC3CC(CC(C3)C1)C2)N[C@H](CNc1nn[nH]n1)CC1=CCc2ccccc21.O=C(CO)CCC12CC3CC(CC(C3)C1)C2. The minimum Gasteiger partial charge on any atom is -0.555 e. The van der Waals surface area contributed by atoms with E-state index in [-0.39, 0.29) is 41.6 Å². The summed E-state index contributed by atoms with van der Waals surface area (Å²) in [5, 5.41) is 68.8. The number of rotatable bonds is 27. The van der Waals surface area contributed by atoms with Gasteiger partial charge >= 0.3 is 7.48 Å². The molecular formula is C76H98BN18O4. The summed E-state index contributed by atoms with van der Waals surface area (Å²) in [4.78, 5) is 25.9. The van der Waals surface area contributed by atoms with E-state index in [0.717, 1.165) is 92.4 Å². The molecule has 4 aromatic carbocycles. The van der Waals surface area contributed by atoms with Gasteiger partial charge in [-0.2, -0.15) is 15.2 Å². The van der Waals surface area contributed by atoms with E-state index in [4.69, 9.17) is 20.9 Å². The second-order valence-electron chi connectivity index (χ2n) is 29.0. The van der Waals surface area contributed by atoms with Gasteiger partial charge in [-0.3, -0.25) is 15.0 Å². The summed E-state index contributed by atoms with van der Waals surface area (Å²) in [6, 6.07) is 35.4. The fourth-order valence-corrected chi connectivity index (χ4v) is 18.3. The number of carbonyl (C=O) groups is 2. The van der Waals surface area contributed by atoms with Crippen LogP contribution in [0.4, 0.5) is 17.8 Å². The number of aliphatic hydroxyl groups excluding tert-OH is 1. The van der Waals surface area contributed by atoms with Gasteiger partial charge in [0.15, 0.2) is 5.78 Å². The van der Waals surface area contributed by atoms with Crippen LogP contribution in [0.3, 0.4) is 0 Å². The maximum absolute atomic E-state index is 13.0. The molecule has 0 unspecified atom stereocenters. The van der Waals surface area contributed by atoms with Gasteiger partial charge in [-0.1, -0.05) is 157 Å². The van der Waals surface area contributed by atoms with Gasteiger partial charge in [-0.15, -0.1) is 15.3 Å². The molecule has 99 heavy (non-hydrogen) atoms. The van der Waals surface area contributed by atoms with Gasteiger partial charge in [0.1, 0.15) is 13.0 Å². The molecule has 519 valence electrons. The number of hydrogen-bond acceptors (Lipinski definition) is 18. The summed E-state index contributed by atoms with van der Waals surface area (Å²) >= 11 is 0. The van der Waals surface area contributed by atoms with Gasteiger partial charge in [0.2, 0.25) is 5.91 Å². The summed E-state index contributed by atoms with van der Waals surface area (Å²) in [6.45, 7) is 6.07. The largest absolute Gasteiger partial charge is 0.555 e. The number of benzene rings is 4. The molecule has 22 nitrogen and oxygen atoms in total. The number of aliphatic hydroxyl groups is 1. The van der Waals surface area contributed by atoms with E-state index in [1.54, 1.807) is 12.3 Å². The first-order chi connectivity index (χ1) is 48.5. The molecule has 0 aliphatic heterocycles. The molecule has 1 amide bonds. The lowest BCUT2D eigenvalue weighted by Gasteiger charge is -2.57. The Balaban J connectivity index is 0.000000129. The maximum Gasteiger partial charge on any atom is 0.376 e. The summed E-state index contributed by atoms with van der Waals surface area (Å²) in [5.74, 6) is 7.05. The Morgan fingerprint density at radius 3 is 1.67 bits per heavy atom. The van der Waals surface area contributed by atoms with E-state index >= 15 is 0 Å². The first kappa shape index (κ1) is 69.9. The number of Topliss-reactive ketones (excluding diaryl/α,β-unsaturated/α-hetero) is 1. The number of nitrogens with zero attached hydrogens (tertiary/aromatic N) is 10. The molecule has 1 radical (unpaired) electrons. The first-order valence-corrected chi connectivity index (χ1v) is 36.2. The second-order valence-corrected chi connectivity index (χ2v) is 29.0. The highest BCUT2D eigenvalue weighted by atomic mass is 16.4. The third-order valence-electron chi connectivity index (χ3n) is 21.7. The van der Waals surface area contributed by atoms with Gasteiger partial charge in [-0.25, -0.2) is 0 Å². The van der Waals surface area contributed by atoms with Gasteiger partial charge in [0.25, 0.3) is 17.8 Å². The Hall–Kier alpha value is -8.96. The normalized spacial score (nSPS) is 24.2. The van der Waals surface area contributed by atoms with E-state index in [0.29, 0.717) is 55.9 Å². The van der Waals surface area contributed by atoms with Crippen molar-refractivity contribution in [2.45, 2.75) is 167 Å². The number of tetrazole rings is 3. The van der Waals surface area contributed by atoms with E-state index in [1.807, 2.05) is 50.3 Å². The number of hydrogen-bond donors (Lipinski definition) is 9. The van der Waals surface area contributed by atoms with Gasteiger partial charge in [0.05, 0.1) is 12.6 Å². The monoisotopic (exact) mass is 1340 g/mol. The molecule has 18 rings (SSSR count). The third kappa shape index (κ3) is 18.9. The molecule has 0 spiro atoms. The molecule has 8 saturated carbocycles. The Morgan fingerprint density at radius 2 is 1.14 bits per heavy atom. The molecular weight excluding hydrogens is 1240 g/mol. The number of nitrogens with two attached hydrogens (primary N) is 1. The molecule has 8 fully saturated rings. The van der Waals surface area contributed by atoms with Crippen LogP contribution < -0.4 is 27.0 Å². The summed E-state index contributed by atoms with van der Waals surface area (Å²) < 4.78 is 5.15. The molecule has 3 aromatic heterocycles. The Bertz CT molecular complexity index is 3820. The minimum atomic E-state index is -0.258. The number of H-pyrrole nitrogens is 2. The second kappa shape index (κ2) is 33.7. The molecule has 7 aromatic rings. The molecule has 10 N–H and O–H groups in total. The van der Waals surface area contributed by atoms with Crippen LogP contribution in [0, 0.1) is 51.7 Å². The number of nitrogens with one attached hydrogen (secondary N) is 7. The van der Waals surface area contributed by atoms with Crippen LogP contribution in [0.25, 0.3) is 16.7 Å².